The average molecular weight is 228 g/mol. The molecule has 0 aliphatic carbocycles. The van der Waals surface area contributed by atoms with Gasteiger partial charge in [0.1, 0.15) is 6.10 Å². The molecule has 1 aromatic carbocycles. The summed E-state index contributed by atoms with van der Waals surface area (Å²) in [5.41, 5.74) is 3.29. The molecule has 0 aliphatic heterocycles. The van der Waals surface area contributed by atoms with Gasteiger partial charge in [0.25, 0.3) is 0 Å². The van der Waals surface area contributed by atoms with E-state index in [4.69, 9.17) is 0 Å². The molecule has 1 heterocycles. The predicted octanol–water partition coefficient (Wildman–Crippen LogP) is 2.37. The lowest BCUT2D eigenvalue weighted by Gasteiger charge is -2.09. The molecule has 0 aliphatic rings. The average Bonchev–Trinajstić information content (AvgIpc) is 2.29. The number of aliphatic hydroxyl groups excluding tert-OH is 1. The number of nitrogens with zero attached hydrogens (tertiary/aromatic N) is 2. The molecule has 1 unspecified atom stereocenters. The van der Waals surface area contributed by atoms with E-state index in [1.54, 1.807) is 12.4 Å². The van der Waals surface area contributed by atoms with Gasteiger partial charge in [-0.15, -0.1) is 0 Å². The molecular weight excluding hydrogens is 212 g/mol. The number of benzene rings is 1. The molecule has 0 bridgehead atoms. The van der Waals surface area contributed by atoms with E-state index < -0.39 is 6.10 Å². The molecule has 88 valence electrons. The molecule has 1 atom stereocenters. The Labute approximate surface area is 101 Å². The quantitative estimate of drug-likeness (QED) is 0.877. The molecule has 2 aromatic rings. The minimum Gasteiger partial charge on any atom is -0.385 e. The van der Waals surface area contributed by atoms with Gasteiger partial charge in [-0.25, -0.2) is 9.97 Å². The molecular formula is C14H16N2O. The Morgan fingerprint density at radius 2 is 1.82 bits per heavy atom. The number of hydrogen-bond acceptors (Lipinski definition) is 3. The largest absolute Gasteiger partial charge is 0.385 e. The lowest BCUT2D eigenvalue weighted by molar-refractivity contribution is 0.168. The second kappa shape index (κ2) is 5.06. The van der Waals surface area contributed by atoms with E-state index in [1.165, 1.54) is 5.56 Å². The van der Waals surface area contributed by atoms with Gasteiger partial charge in [-0.3, -0.25) is 0 Å². The standard InChI is InChI=1S/C14H16N2O/c1-10-4-3-5-12(6-10)7-13(17)14-15-8-11(2)9-16-14/h3-6,8-9,13,17H,7H2,1-2H3. The highest BCUT2D eigenvalue weighted by Gasteiger charge is 2.11. The number of aromatic nitrogens is 2. The van der Waals surface area contributed by atoms with Crippen LogP contribution in [-0.2, 0) is 6.42 Å². The van der Waals surface area contributed by atoms with Crippen molar-refractivity contribution in [2.75, 3.05) is 0 Å². The Morgan fingerprint density at radius 1 is 1.12 bits per heavy atom. The van der Waals surface area contributed by atoms with E-state index in [0.29, 0.717) is 12.2 Å². The van der Waals surface area contributed by atoms with Crippen LogP contribution in [0.1, 0.15) is 28.6 Å². The van der Waals surface area contributed by atoms with Crippen molar-refractivity contribution in [3.8, 4) is 0 Å². The van der Waals surface area contributed by atoms with Crippen LogP contribution in [0.15, 0.2) is 36.7 Å². The van der Waals surface area contributed by atoms with Crippen molar-refractivity contribution in [1.82, 2.24) is 9.97 Å². The van der Waals surface area contributed by atoms with Crippen LogP contribution in [-0.4, -0.2) is 15.1 Å². The molecule has 17 heavy (non-hydrogen) atoms. The summed E-state index contributed by atoms with van der Waals surface area (Å²) in [6, 6.07) is 8.10. The first-order valence-electron chi connectivity index (χ1n) is 5.67. The molecule has 3 heteroatoms. The molecule has 0 spiro atoms. The first kappa shape index (κ1) is 11.7. The van der Waals surface area contributed by atoms with Crippen LogP contribution in [0.4, 0.5) is 0 Å². The summed E-state index contributed by atoms with van der Waals surface area (Å²) < 4.78 is 0. The molecule has 2 rings (SSSR count). The zero-order chi connectivity index (χ0) is 12.3. The van der Waals surface area contributed by atoms with Gasteiger partial charge in [0.05, 0.1) is 0 Å². The number of aliphatic hydroxyl groups is 1. The highest BCUT2D eigenvalue weighted by molar-refractivity contribution is 5.23. The molecule has 0 fully saturated rings. The summed E-state index contributed by atoms with van der Waals surface area (Å²) in [4.78, 5) is 8.27. The smallest absolute Gasteiger partial charge is 0.157 e. The molecule has 0 amide bonds. The SMILES string of the molecule is Cc1cnc(C(O)Cc2cccc(C)c2)nc1. The Morgan fingerprint density at radius 3 is 2.47 bits per heavy atom. The van der Waals surface area contributed by atoms with Gasteiger partial charge in [-0.1, -0.05) is 29.8 Å². The lowest BCUT2D eigenvalue weighted by Crippen LogP contribution is -2.06. The van der Waals surface area contributed by atoms with Crippen molar-refractivity contribution in [2.24, 2.45) is 0 Å². The third-order valence-electron chi connectivity index (χ3n) is 2.61. The van der Waals surface area contributed by atoms with Gasteiger partial charge >= 0.3 is 0 Å². The first-order valence-corrected chi connectivity index (χ1v) is 5.67. The van der Waals surface area contributed by atoms with E-state index in [2.05, 4.69) is 16.0 Å². The van der Waals surface area contributed by atoms with Crippen molar-refractivity contribution in [3.63, 3.8) is 0 Å². The van der Waals surface area contributed by atoms with E-state index in [9.17, 15) is 5.11 Å². The van der Waals surface area contributed by atoms with Gasteiger partial charge in [0.15, 0.2) is 5.82 Å². The zero-order valence-corrected chi connectivity index (χ0v) is 10.1. The molecule has 3 nitrogen and oxygen atoms in total. The van der Waals surface area contributed by atoms with Gasteiger partial charge in [-0.2, -0.15) is 0 Å². The summed E-state index contributed by atoms with van der Waals surface area (Å²) in [7, 11) is 0. The van der Waals surface area contributed by atoms with Crippen LogP contribution in [0.2, 0.25) is 0 Å². The summed E-state index contributed by atoms with van der Waals surface area (Å²) in [6.07, 6.45) is 3.35. The van der Waals surface area contributed by atoms with Gasteiger partial charge < -0.3 is 5.11 Å². The third-order valence-corrected chi connectivity index (χ3v) is 2.61. The maximum Gasteiger partial charge on any atom is 0.157 e. The topological polar surface area (TPSA) is 46.0 Å². The molecule has 0 saturated heterocycles. The second-order valence-electron chi connectivity index (χ2n) is 4.33. The lowest BCUT2D eigenvalue weighted by atomic mass is 10.1. The predicted molar refractivity (Wildman–Crippen MR) is 66.6 cm³/mol. The Bertz CT molecular complexity index is 494. The van der Waals surface area contributed by atoms with Crippen LogP contribution in [0.25, 0.3) is 0 Å². The Hall–Kier alpha value is -1.74. The van der Waals surface area contributed by atoms with Gasteiger partial charge in [0, 0.05) is 18.8 Å². The maximum absolute atomic E-state index is 10.0. The fourth-order valence-corrected chi connectivity index (χ4v) is 1.73. The monoisotopic (exact) mass is 228 g/mol. The summed E-state index contributed by atoms with van der Waals surface area (Å²) in [6.45, 7) is 3.97. The van der Waals surface area contributed by atoms with Crippen LogP contribution >= 0.6 is 0 Å². The zero-order valence-electron chi connectivity index (χ0n) is 10.1. The van der Waals surface area contributed by atoms with E-state index in [0.717, 1.165) is 11.1 Å². The normalized spacial score (nSPS) is 12.4. The minimum atomic E-state index is -0.641. The molecule has 0 radical (unpaired) electrons. The van der Waals surface area contributed by atoms with Crippen LogP contribution in [0.3, 0.4) is 0 Å². The van der Waals surface area contributed by atoms with Crippen molar-refractivity contribution in [1.29, 1.82) is 0 Å². The number of rotatable bonds is 3. The summed E-state index contributed by atoms with van der Waals surface area (Å²) in [5, 5.41) is 10.0. The maximum atomic E-state index is 10.0. The summed E-state index contributed by atoms with van der Waals surface area (Å²) in [5.74, 6) is 0.483. The van der Waals surface area contributed by atoms with E-state index >= 15 is 0 Å². The Balaban J connectivity index is 2.11. The van der Waals surface area contributed by atoms with Crippen molar-refractivity contribution in [3.05, 3.63) is 59.2 Å². The number of hydrogen-bond donors (Lipinski definition) is 1. The third kappa shape index (κ3) is 3.11. The fourth-order valence-electron chi connectivity index (χ4n) is 1.73. The first-order chi connectivity index (χ1) is 8.15. The van der Waals surface area contributed by atoms with Crippen LogP contribution in [0.5, 0.6) is 0 Å². The molecule has 1 aromatic heterocycles. The van der Waals surface area contributed by atoms with Crippen molar-refractivity contribution in [2.45, 2.75) is 26.4 Å². The van der Waals surface area contributed by atoms with E-state index in [-0.39, 0.29) is 0 Å². The highest BCUT2D eigenvalue weighted by Crippen LogP contribution is 2.15. The fraction of sp³-hybridized carbons (Fsp3) is 0.286. The summed E-state index contributed by atoms with van der Waals surface area (Å²) >= 11 is 0. The van der Waals surface area contributed by atoms with E-state index in [1.807, 2.05) is 32.0 Å². The van der Waals surface area contributed by atoms with Gasteiger partial charge in [-0.05, 0) is 25.0 Å². The highest BCUT2D eigenvalue weighted by atomic mass is 16.3. The number of aryl methyl sites for hydroxylation is 2. The van der Waals surface area contributed by atoms with Gasteiger partial charge in [0.2, 0.25) is 0 Å². The van der Waals surface area contributed by atoms with Crippen molar-refractivity contribution >= 4 is 0 Å². The molecule has 0 saturated carbocycles. The second-order valence-corrected chi connectivity index (χ2v) is 4.33. The van der Waals surface area contributed by atoms with Crippen LogP contribution in [0, 0.1) is 13.8 Å². The van der Waals surface area contributed by atoms with Crippen molar-refractivity contribution < 1.29 is 5.11 Å². The van der Waals surface area contributed by atoms with Crippen LogP contribution < -0.4 is 0 Å². The molecule has 1 N–H and O–H groups in total. The Kier molecular flexibility index (Phi) is 3.49. The minimum absolute atomic E-state index is 0.483.